The molecule has 1 saturated carbocycles. The van der Waals surface area contributed by atoms with Crippen LogP contribution in [0.5, 0.6) is 0 Å². The van der Waals surface area contributed by atoms with E-state index in [0.717, 1.165) is 31.2 Å². The molecule has 2 fully saturated rings. The molecular weight excluding hydrogens is 326 g/mol. The fraction of sp³-hybridized carbons (Fsp3) is 0.476. The van der Waals surface area contributed by atoms with E-state index in [-0.39, 0.29) is 29.8 Å². The number of imidazole rings is 1. The minimum absolute atomic E-state index is 0.0321. The van der Waals surface area contributed by atoms with Crippen LogP contribution < -0.4 is 0 Å². The van der Waals surface area contributed by atoms with Gasteiger partial charge in [0.2, 0.25) is 11.8 Å². The average molecular weight is 351 g/mol. The summed E-state index contributed by atoms with van der Waals surface area (Å²) in [7, 11) is 0. The van der Waals surface area contributed by atoms with Crippen LogP contribution in [0.15, 0.2) is 49.1 Å². The molecule has 2 heterocycles. The van der Waals surface area contributed by atoms with Crippen molar-refractivity contribution in [3.8, 4) is 0 Å². The zero-order valence-electron chi connectivity index (χ0n) is 15.0. The maximum absolute atomic E-state index is 13.2. The summed E-state index contributed by atoms with van der Waals surface area (Å²) in [5.74, 6) is -0.00340. The van der Waals surface area contributed by atoms with Gasteiger partial charge in [0.1, 0.15) is 6.33 Å². The molecular formula is C21H25N3O2. The molecule has 2 aromatic rings. The van der Waals surface area contributed by atoms with Crippen molar-refractivity contribution in [3.05, 3.63) is 54.6 Å². The molecule has 1 aliphatic heterocycles. The highest BCUT2D eigenvalue weighted by Gasteiger charge is 2.43. The number of likely N-dealkylation sites (tertiary alicyclic amines) is 1. The van der Waals surface area contributed by atoms with E-state index in [0.29, 0.717) is 12.8 Å². The first-order valence-electron chi connectivity index (χ1n) is 9.64. The molecule has 4 rings (SSSR count). The van der Waals surface area contributed by atoms with E-state index in [1.807, 2.05) is 30.3 Å². The van der Waals surface area contributed by atoms with Crippen molar-refractivity contribution in [2.24, 2.45) is 5.92 Å². The Labute approximate surface area is 154 Å². The van der Waals surface area contributed by atoms with E-state index in [1.54, 1.807) is 23.3 Å². The molecule has 2 atom stereocenters. The smallest absolute Gasteiger partial charge is 0.237 e. The third-order valence-electron chi connectivity index (χ3n) is 5.82. The maximum Gasteiger partial charge on any atom is 0.237 e. The van der Waals surface area contributed by atoms with Gasteiger partial charge in [0.05, 0.1) is 12.0 Å². The standard InChI is InChI=1S/C21H25N3O2/c25-19-12-11-18(21(26)23-14-13-22-15-23)20(16-7-3-1-4-8-16)24(19)17-9-5-2-6-10-17/h1,3-4,7-8,13-15,17-18,20H,2,5-6,9-12H2. The maximum atomic E-state index is 13.2. The minimum atomic E-state index is -0.230. The Hall–Kier alpha value is -2.43. The van der Waals surface area contributed by atoms with Crippen molar-refractivity contribution >= 4 is 11.8 Å². The first-order chi connectivity index (χ1) is 12.8. The van der Waals surface area contributed by atoms with Gasteiger partial charge < -0.3 is 4.90 Å². The lowest BCUT2D eigenvalue weighted by Gasteiger charge is -2.46. The van der Waals surface area contributed by atoms with E-state index >= 15 is 0 Å². The largest absolute Gasteiger partial charge is 0.332 e. The van der Waals surface area contributed by atoms with E-state index in [1.165, 1.54) is 6.42 Å². The second-order valence-electron chi connectivity index (χ2n) is 7.40. The van der Waals surface area contributed by atoms with Crippen LogP contribution in [-0.4, -0.2) is 32.3 Å². The first-order valence-corrected chi connectivity index (χ1v) is 9.64. The molecule has 2 unspecified atom stereocenters. The Morgan fingerprint density at radius 3 is 2.50 bits per heavy atom. The molecule has 5 heteroatoms. The highest BCUT2D eigenvalue weighted by molar-refractivity contribution is 5.86. The molecule has 5 nitrogen and oxygen atoms in total. The van der Waals surface area contributed by atoms with Crippen LogP contribution in [0, 0.1) is 5.92 Å². The quantitative estimate of drug-likeness (QED) is 0.844. The summed E-state index contributed by atoms with van der Waals surface area (Å²) in [4.78, 5) is 32.2. The number of rotatable bonds is 3. The van der Waals surface area contributed by atoms with E-state index in [9.17, 15) is 9.59 Å². The Morgan fingerprint density at radius 2 is 1.81 bits per heavy atom. The lowest BCUT2D eigenvalue weighted by atomic mass is 9.80. The molecule has 2 aliphatic rings. The molecule has 1 aliphatic carbocycles. The minimum Gasteiger partial charge on any atom is -0.332 e. The number of hydrogen-bond donors (Lipinski definition) is 0. The van der Waals surface area contributed by atoms with Crippen molar-refractivity contribution in [2.75, 3.05) is 0 Å². The molecule has 0 radical (unpaired) electrons. The van der Waals surface area contributed by atoms with Gasteiger partial charge in [-0.1, -0.05) is 49.6 Å². The normalized spacial score (nSPS) is 24.6. The van der Waals surface area contributed by atoms with Crippen molar-refractivity contribution in [2.45, 2.75) is 57.0 Å². The third-order valence-corrected chi connectivity index (χ3v) is 5.82. The molecule has 1 saturated heterocycles. The van der Waals surface area contributed by atoms with Gasteiger partial charge in [0, 0.05) is 24.9 Å². The average Bonchev–Trinajstić information content (AvgIpc) is 3.23. The van der Waals surface area contributed by atoms with Crippen LogP contribution >= 0.6 is 0 Å². The van der Waals surface area contributed by atoms with Gasteiger partial charge in [-0.25, -0.2) is 4.98 Å². The zero-order valence-corrected chi connectivity index (χ0v) is 15.0. The predicted octanol–water partition coefficient (Wildman–Crippen LogP) is 3.84. The van der Waals surface area contributed by atoms with Gasteiger partial charge in [-0.05, 0) is 24.8 Å². The first kappa shape index (κ1) is 17.0. The predicted molar refractivity (Wildman–Crippen MR) is 98.5 cm³/mol. The number of carbonyl (C=O) groups is 2. The lowest BCUT2D eigenvalue weighted by Crippen LogP contribution is -2.51. The summed E-state index contributed by atoms with van der Waals surface area (Å²) in [5.41, 5.74) is 1.06. The van der Waals surface area contributed by atoms with Gasteiger partial charge >= 0.3 is 0 Å². The van der Waals surface area contributed by atoms with Crippen LogP contribution in [0.25, 0.3) is 0 Å². The molecule has 1 aromatic heterocycles. The van der Waals surface area contributed by atoms with Crippen LogP contribution in [0.4, 0.5) is 0 Å². The topological polar surface area (TPSA) is 55.2 Å². The van der Waals surface area contributed by atoms with E-state index in [4.69, 9.17) is 0 Å². The number of carbonyl (C=O) groups excluding carboxylic acids is 2. The summed E-state index contributed by atoms with van der Waals surface area (Å²) in [5, 5.41) is 0. The highest BCUT2D eigenvalue weighted by atomic mass is 16.2. The Bertz CT molecular complexity index is 751. The van der Waals surface area contributed by atoms with Crippen molar-refractivity contribution < 1.29 is 9.59 Å². The van der Waals surface area contributed by atoms with Crippen molar-refractivity contribution in [1.82, 2.24) is 14.5 Å². The van der Waals surface area contributed by atoms with Gasteiger partial charge in [-0.3, -0.25) is 14.2 Å². The van der Waals surface area contributed by atoms with Gasteiger partial charge in [0.15, 0.2) is 0 Å². The SMILES string of the molecule is O=C1CCC(C(=O)n2ccnc2)C(c2ccccc2)N1C1CCCCC1. The number of amides is 1. The van der Waals surface area contributed by atoms with Crippen molar-refractivity contribution in [3.63, 3.8) is 0 Å². The van der Waals surface area contributed by atoms with Gasteiger partial charge in [0.25, 0.3) is 0 Å². The Kier molecular flexibility index (Phi) is 4.87. The van der Waals surface area contributed by atoms with Gasteiger partial charge in [-0.2, -0.15) is 0 Å². The fourth-order valence-corrected chi connectivity index (χ4v) is 4.59. The molecule has 26 heavy (non-hydrogen) atoms. The summed E-state index contributed by atoms with van der Waals surface area (Å²) in [6, 6.07) is 10.1. The highest BCUT2D eigenvalue weighted by Crippen LogP contribution is 2.41. The number of hydrogen-bond acceptors (Lipinski definition) is 3. The summed E-state index contributed by atoms with van der Waals surface area (Å²) >= 11 is 0. The molecule has 136 valence electrons. The van der Waals surface area contributed by atoms with E-state index in [2.05, 4.69) is 9.88 Å². The Balaban J connectivity index is 1.73. The number of benzene rings is 1. The molecule has 0 spiro atoms. The van der Waals surface area contributed by atoms with Crippen LogP contribution in [0.1, 0.15) is 61.3 Å². The van der Waals surface area contributed by atoms with Crippen LogP contribution in [-0.2, 0) is 4.79 Å². The lowest BCUT2D eigenvalue weighted by molar-refractivity contribution is -0.142. The number of piperidine rings is 1. The van der Waals surface area contributed by atoms with Crippen molar-refractivity contribution in [1.29, 1.82) is 0 Å². The summed E-state index contributed by atoms with van der Waals surface area (Å²) < 4.78 is 1.56. The molecule has 0 bridgehead atoms. The molecule has 1 amide bonds. The number of nitrogens with zero attached hydrogens (tertiary/aromatic N) is 3. The third kappa shape index (κ3) is 3.18. The molecule has 0 N–H and O–H groups in total. The van der Waals surface area contributed by atoms with Gasteiger partial charge in [-0.15, -0.1) is 0 Å². The Morgan fingerprint density at radius 1 is 1.04 bits per heavy atom. The van der Waals surface area contributed by atoms with E-state index < -0.39 is 0 Å². The van der Waals surface area contributed by atoms with Crippen LogP contribution in [0.3, 0.4) is 0 Å². The summed E-state index contributed by atoms with van der Waals surface area (Å²) in [6.07, 6.45) is 11.6. The second-order valence-corrected chi connectivity index (χ2v) is 7.40. The second kappa shape index (κ2) is 7.44. The monoisotopic (exact) mass is 351 g/mol. The fourth-order valence-electron chi connectivity index (χ4n) is 4.59. The number of aromatic nitrogens is 2. The molecule has 1 aromatic carbocycles. The van der Waals surface area contributed by atoms with Crippen LogP contribution in [0.2, 0.25) is 0 Å². The summed E-state index contributed by atoms with van der Waals surface area (Å²) in [6.45, 7) is 0. The zero-order chi connectivity index (χ0) is 17.9.